The molecule has 3 aromatic carbocycles. The van der Waals surface area contributed by atoms with E-state index in [4.69, 9.17) is 11.1 Å². The SMILES string of the molecule is CC1=Cc2cccc([Si](C)(C)C3C=C(C)c4ccccc43)c2C1.CC1=Cc2cccc([Si](C)(C)Cl)c2C1. The average molecular weight is 539 g/mol. The number of fused-ring (bicyclic) bond motifs is 3. The third-order valence-corrected chi connectivity index (χ3v) is 14.6. The normalized spacial score (nSPS) is 17.7. The third kappa shape index (κ3) is 4.92. The second kappa shape index (κ2) is 9.73. The predicted molar refractivity (Wildman–Crippen MR) is 171 cm³/mol. The van der Waals surface area contributed by atoms with Crippen molar-refractivity contribution < 1.29 is 0 Å². The van der Waals surface area contributed by atoms with Crippen LogP contribution in [0.15, 0.2) is 77.9 Å². The van der Waals surface area contributed by atoms with Crippen LogP contribution in [-0.2, 0) is 12.8 Å². The maximum atomic E-state index is 6.51. The summed E-state index contributed by atoms with van der Waals surface area (Å²) in [5, 5.41) is 3.05. The highest BCUT2D eigenvalue weighted by molar-refractivity contribution is 7.26. The molecule has 1 unspecified atom stereocenters. The van der Waals surface area contributed by atoms with Crippen LogP contribution in [0.2, 0.25) is 26.2 Å². The number of hydrogen-bond acceptors (Lipinski definition) is 0. The van der Waals surface area contributed by atoms with E-state index in [1.807, 2.05) is 0 Å². The first kappa shape index (κ1) is 26.2. The van der Waals surface area contributed by atoms with Crippen LogP contribution < -0.4 is 10.4 Å². The lowest BCUT2D eigenvalue weighted by atomic mass is 10.1. The van der Waals surface area contributed by atoms with Crippen LogP contribution in [0.3, 0.4) is 0 Å². The van der Waals surface area contributed by atoms with Crippen LogP contribution in [0.4, 0.5) is 0 Å². The fourth-order valence-corrected chi connectivity index (χ4v) is 12.1. The molecule has 0 radical (unpaired) electrons. The first-order chi connectivity index (χ1) is 17.5. The van der Waals surface area contributed by atoms with Gasteiger partial charge in [0.05, 0.1) is 8.07 Å². The van der Waals surface area contributed by atoms with Gasteiger partial charge in [0, 0.05) is 5.54 Å². The Labute approximate surface area is 230 Å². The molecule has 1 atom stereocenters. The Morgan fingerprint density at radius 1 is 0.676 bits per heavy atom. The molecule has 3 aromatic rings. The van der Waals surface area contributed by atoms with E-state index < -0.39 is 15.5 Å². The summed E-state index contributed by atoms with van der Waals surface area (Å²) < 4.78 is 0. The lowest BCUT2D eigenvalue weighted by molar-refractivity contribution is 1.16. The number of halogens is 1. The minimum Gasteiger partial charge on any atom is -0.162 e. The van der Waals surface area contributed by atoms with Crippen LogP contribution in [-0.4, -0.2) is 15.5 Å². The van der Waals surface area contributed by atoms with Gasteiger partial charge in [-0.05, 0) is 77.8 Å². The Morgan fingerprint density at radius 2 is 1.22 bits per heavy atom. The summed E-state index contributed by atoms with van der Waals surface area (Å²) in [6, 6.07) is 22.4. The molecule has 37 heavy (non-hydrogen) atoms. The molecule has 0 bridgehead atoms. The highest BCUT2D eigenvalue weighted by Gasteiger charge is 2.39. The maximum Gasteiger partial charge on any atom is 0.181 e. The smallest absolute Gasteiger partial charge is 0.162 e. The van der Waals surface area contributed by atoms with Gasteiger partial charge in [0.1, 0.15) is 0 Å². The summed E-state index contributed by atoms with van der Waals surface area (Å²) >= 11 is 6.51. The molecule has 0 aromatic heterocycles. The van der Waals surface area contributed by atoms with Crippen molar-refractivity contribution in [3.05, 3.63) is 111 Å². The zero-order chi connectivity index (χ0) is 26.5. The molecule has 3 aliphatic rings. The van der Waals surface area contributed by atoms with Gasteiger partial charge >= 0.3 is 0 Å². The van der Waals surface area contributed by atoms with Crippen molar-refractivity contribution in [2.24, 2.45) is 0 Å². The summed E-state index contributed by atoms with van der Waals surface area (Å²) in [6.07, 6.45) is 9.40. The van der Waals surface area contributed by atoms with Gasteiger partial charge in [-0.15, -0.1) is 0 Å². The Kier molecular flexibility index (Phi) is 6.89. The molecule has 0 fully saturated rings. The largest absolute Gasteiger partial charge is 0.181 e. The lowest BCUT2D eigenvalue weighted by Gasteiger charge is -2.32. The highest BCUT2D eigenvalue weighted by Crippen LogP contribution is 2.41. The zero-order valence-corrected chi connectivity index (χ0v) is 26.1. The fraction of sp³-hybridized carbons (Fsp3) is 0.294. The van der Waals surface area contributed by atoms with Crippen molar-refractivity contribution in [3.63, 3.8) is 0 Å². The van der Waals surface area contributed by atoms with Crippen LogP contribution in [0.25, 0.3) is 17.7 Å². The van der Waals surface area contributed by atoms with E-state index in [0.717, 1.165) is 12.8 Å². The van der Waals surface area contributed by atoms with Crippen molar-refractivity contribution in [1.82, 2.24) is 0 Å². The van der Waals surface area contributed by atoms with Gasteiger partial charge in [-0.25, -0.2) is 0 Å². The summed E-state index contributed by atoms with van der Waals surface area (Å²) in [5.41, 5.74) is 13.9. The van der Waals surface area contributed by atoms with E-state index in [-0.39, 0.29) is 0 Å². The molecule has 0 amide bonds. The molecule has 3 aliphatic carbocycles. The molecule has 0 aliphatic heterocycles. The Morgan fingerprint density at radius 3 is 1.81 bits per heavy atom. The highest BCUT2D eigenvalue weighted by atomic mass is 35.6. The fourth-order valence-electron chi connectivity index (χ4n) is 6.55. The number of allylic oxidation sites excluding steroid dienone is 4. The van der Waals surface area contributed by atoms with Gasteiger partial charge in [-0.1, -0.05) is 121 Å². The molecule has 0 saturated carbocycles. The van der Waals surface area contributed by atoms with Crippen molar-refractivity contribution in [2.45, 2.75) is 65.3 Å². The van der Waals surface area contributed by atoms with E-state index in [1.165, 1.54) is 44.2 Å². The van der Waals surface area contributed by atoms with Gasteiger partial charge in [0.2, 0.25) is 0 Å². The summed E-state index contributed by atoms with van der Waals surface area (Å²) in [7, 11) is -3.32. The van der Waals surface area contributed by atoms with E-state index in [0.29, 0.717) is 5.54 Å². The Hall–Kier alpha value is -2.40. The van der Waals surface area contributed by atoms with Crippen molar-refractivity contribution in [3.8, 4) is 0 Å². The van der Waals surface area contributed by atoms with Gasteiger partial charge in [0.15, 0.2) is 7.38 Å². The zero-order valence-electron chi connectivity index (χ0n) is 23.4. The first-order valence-corrected chi connectivity index (χ1v) is 20.6. The standard InChI is InChI=1S/C22H24Si.C12H15ClSi/c1-15-12-17-8-7-11-21(20(17)13-15)23(3,4)22-14-16(2)18-9-5-6-10-19(18)22;1-9-7-10-5-4-6-12(11(10)8-9)14(2,3)13/h5-12,14,22H,13H2,1-4H3;4-7H,8H2,1-3H3. The summed E-state index contributed by atoms with van der Waals surface area (Å²) in [6.45, 7) is 16.2. The number of hydrogen-bond donors (Lipinski definition) is 0. The predicted octanol–water partition coefficient (Wildman–Crippen LogP) is 8.60. The first-order valence-electron chi connectivity index (χ1n) is 13.5. The van der Waals surface area contributed by atoms with Gasteiger partial charge in [-0.2, -0.15) is 11.1 Å². The summed E-state index contributed by atoms with van der Waals surface area (Å²) in [5.74, 6) is 0. The molecule has 0 N–H and O–H groups in total. The Balaban J connectivity index is 0.000000171. The molecule has 0 spiro atoms. The van der Waals surface area contributed by atoms with Crippen molar-refractivity contribution >= 4 is 54.6 Å². The van der Waals surface area contributed by atoms with Crippen LogP contribution in [0.5, 0.6) is 0 Å². The topological polar surface area (TPSA) is 0 Å². The molecule has 0 nitrogen and oxygen atoms in total. The van der Waals surface area contributed by atoms with E-state index in [2.05, 4.69) is 126 Å². The van der Waals surface area contributed by atoms with Gasteiger partial charge in [-0.3, -0.25) is 0 Å². The minimum atomic E-state index is -1.68. The van der Waals surface area contributed by atoms with Crippen LogP contribution >= 0.6 is 11.1 Å². The van der Waals surface area contributed by atoms with Crippen LogP contribution in [0, 0.1) is 0 Å². The van der Waals surface area contributed by atoms with E-state index in [9.17, 15) is 0 Å². The van der Waals surface area contributed by atoms with E-state index >= 15 is 0 Å². The van der Waals surface area contributed by atoms with Crippen LogP contribution in [0.1, 0.15) is 59.7 Å². The van der Waals surface area contributed by atoms with E-state index in [1.54, 1.807) is 16.3 Å². The lowest BCUT2D eigenvalue weighted by Crippen LogP contribution is -2.48. The quantitative estimate of drug-likeness (QED) is 0.231. The maximum absolute atomic E-state index is 6.51. The minimum absolute atomic E-state index is 0.589. The molecule has 6 rings (SSSR count). The monoisotopic (exact) mass is 538 g/mol. The molecule has 3 heteroatoms. The third-order valence-electron chi connectivity index (χ3n) is 8.39. The molecular weight excluding hydrogens is 500 g/mol. The number of benzene rings is 3. The van der Waals surface area contributed by atoms with Gasteiger partial charge in [0.25, 0.3) is 0 Å². The molecular formula is C34H39ClSi2. The Bertz CT molecular complexity index is 1460. The van der Waals surface area contributed by atoms with Crippen molar-refractivity contribution in [1.29, 1.82) is 0 Å². The molecule has 0 heterocycles. The molecule has 0 saturated heterocycles. The van der Waals surface area contributed by atoms with Crippen molar-refractivity contribution in [2.75, 3.05) is 0 Å². The van der Waals surface area contributed by atoms with Gasteiger partial charge < -0.3 is 0 Å². The second-order valence-corrected chi connectivity index (χ2v) is 23.1. The number of rotatable bonds is 3. The molecule has 190 valence electrons. The second-order valence-electron chi connectivity index (χ2n) is 12.2. The summed E-state index contributed by atoms with van der Waals surface area (Å²) in [4.78, 5) is 0. The average Bonchev–Trinajstić information content (AvgIpc) is 3.51.